The van der Waals surface area contributed by atoms with Crippen molar-refractivity contribution in [2.45, 2.75) is 44.6 Å². The van der Waals surface area contributed by atoms with Crippen LogP contribution in [-0.4, -0.2) is 16.1 Å². The van der Waals surface area contributed by atoms with Crippen LogP contribution in [0.25, 0.3) is 5.01 Å². The number of alkyl halides is 1. The third-order valence-corrected chi connectivity index (χ3v) is 3.71. The Morgan fingerprint density at radius 3 is 2.57 bits per heavy atom. The summed E-state index contributed by atoms with van der Waals surface area (Å²) < 4.78 is 0. The fourth-order valence-corrected chi connectivity index (χ4v) is 2.70. The van der Waals surface area contributed by atoms with Gasteiger partial charge in [0, 0.05) is 5.01 Å². The lowest BCUT2D eigenvalue weighted by Crippen LogP contribution is -2.51. The molecule has 1 aliphatic carbocycles. The molecule has 0 saturated heterocycles. The summed E-state index contributed by atoms with van der Waals surface area (Å²) in [5, 5.41) is 22.7. The highest BCUT2D eigenvalue weighted by atomic mass is 35.5. The molecule has 0 aromatic rings. The highest BCUT2D eigenvalue weighted by molar-refractivity contribution is 6.24. The molecule has 0 bridgehead atoms. The summed E-state index contributed by atoms with van der Waals surface area (Å²) >= 11 is 6.24. The number of nitrogens with zero attached hydrogens (tertiary/aromatic N) is 1. The van der Waals surface area contributed by atoms with Crippen LogP contribution in [0, 0.1) is 22.6 Å². The lowest BCUT2D eigenvalue weighted by Gasteiger charge is -2.45. The van der Waals surface area contributed by atoms with Crippen molar-refractivity contribution >= 4 is 11.6 Å². The molecule has 3 atom stereocenters. The van der Waals surface area contributed by atoms with Gasteiger partial charge in [-0.3, -0.25) is 0 Å². The second-order valence-electron chi connectivity index (χ2n) is 4.85. The first-order valence-corrected chi connectivity index (χ1v) is 5.15. The van der Waals surface area contributed by atoms with E-state index in [9.17, 15) is 10.3 Å². The lowest BCUT2D eigenvalue weighted by molar-refractivity contribution is 0.0156. The number of hydrogen-bond donors (Lipinski definition) is 1. The molecule has 0 spiro atoms. The van der Waals surface area contributed by atoms with Crippen molar-refractivity contribution in [2.75, 3.05) is 0 Å². The largest absolute Gasteiger partial charge is 0.498 e. The zero-order chi connectivity index (χ0) is 11.0. The highest BCUT2D eigenvalue weighted by Gasteiger charge is 2.53. The summed E-state index contributed by atoms with van der Waals surface area (Å²) in [5.74, 6) is -0.307. The van der Waals surface area contributed by atoms with E-state index in [0.717, 1.165) is 6.42 Å². The van der Waals surface area contributed by atoms with E-state index >= 15 is 0 Å². The fourth-order valence-electron chi connectivity index (χ4n) is 2.25. The van der Waals surface area contributed by atoms with E-state index in [-0.39, 0.29) is 11.3 Å². The van der Waals surface area contributed by atoms with Gasteiger partial charge in [-0.05, 0) is 25.2 Å². The summed E-state index contributed by atoms with van der Waals surface area (Å²) in [7, 11) is 0. The lowest BCUT2D eigenvalue weighted by atomic mass is 9.63. The van der Waals surface area contributed by atoms with Crippen molar-refractivity contribution in [2.24, 2.45) is 11.3 Å². The Morgan fingerprint density at radius 2 is 2.07 bits per heavy atom. The van der Waals surface area contributed by atoms with Crippen LogP contribution in [0.1, 0.15) is 33.6 Å². The van der Waals surface area contributed by atoms with E-state index in [1.54, 1.807) is 6.92 Å². The number of hydrogen-bond acceptors (Lipinski definition) is 2. The summed E-state index contributed by atoms with van der Waals surface area (Å²) in [6, 6.07) is 2.47. The van der Waals surface area contributed by atoms with Gasteiger partial charge in [0.1, 0.15) is 5.92 Å². The molecule has 0 amide bonds. The Balaban J connectivity index is 3.04. The Bertz CT molecular complexity index is 278. The normalized spacial score (nSPS) is 41.2. The Kier molecular flexibility index (Phi) is 2.99. The van der Waals surface area contributed by atoms with Gasteiger partial charge in [-0.1, -0.05) is 13.8 Å². The van der Waals surface area contributed by atoms with Crippen LogP contribution in [0.3, 0.4) is 0 Å². The smallest absolute Gasteiger partial charge is 0.304 e. The van der Waals surface area contributed by atoms with Crippen LogP contribution in [0.2, 0.25) is 0 Å². The minimum Gasteiger partial charge on any atom is -0.498 e. The molecule has 3 nitrogen and oxygen atoms in total. The van der Waals surface area contributed by atoms with Crippen molar-refractivity contribution in [1.82, 2.24) is 0 Å². The number of aliphatic hydroxyl groups is 1. The third kappa shape index (κ3) is 1.82. The number of halogens is 1. The standard InChI is InChI=1S/C10H16ClNO2/c1-9(2)5-4-8(13)10(3,11)7(9)6-12-14/h7-8,13H,4-5H2,1-3H3. The molecule has 0 aliphatic heterocycles. The third-order valence-electron chi connectivity index (χ3n) is 3.24. The summed E-state index contributed by atoms with van der Waals surface area (Å²) in [6.45, 7) is 5.77. The van der Waals surface area contributed by atoms with Gasteiger partial charge in [0.05, 0.1) is 11.0 Å². The fraction of sp³-hybridized carbons (Fsp3) is 0.900. The number of aliphatic hydroxyl groups excluding tert-OH is 1. The molecular formula is C10H16ClNO2. The first-order chi connectivity index (χ1) is 6.32. The average Bonchev–Trinajstić information content (AvgIpc) is 2.07. The highest BCUT2D eigenvalue weighted by Crippen LogP contribution is 2.49. The van der Waals surface area contributed by atoms with Crippen molar-refractivity contribution < 1.29 is 5.11 Å². The molecule has 1 rings (SSSR count). The maximum Gasteiger partial charge on any atom is 0.304 e. The summed E-state index contributed by atoms with van der Waals surface area (Å²) in [6.07, 6.45) is 0.879. The SMILES string of the molecule is CC1(C)CCC(O)C(C)(Cl)C1C#[N+][O-]. The van der Waals surface area contributed by atoms with Crippen LogP contribution in [0.4, 0.5) is 0 Å². The predicted octanol–water partition coefficient (Wildman–Crippen LogP) is 2.61. The minimum absolute atomic E-state index is 0.135. The quantitative estimate of drug-likeness (QED) is 0.501. The van der Waals surface area contributed by atoms with E-state index < -0.39 is 11.0 Å². The van der Waals surface area contributed by atoms with Crippen molar-refractivity contribution in [3.63, 3.8) is 0 Å². The second kappa shape index (κ2) is 3.60. The Labute approximate surface area is 89.5 Å². The first-order valence-electron chi connectivity index (χ1n) is 4.77. The topological polar surface area (TPSA) is 47.6 Å². The zero-order valence-electron chi connectivity index (χ0n) is 8.75. The minimum atomic E-state index is -0.838. The molecule has 1 N–H and O–H groups in total. The molecule has 14 heavy (non-hydrogen) atoms. The molecule has 1 fully saturated rings. The van der Waals surface area contributed by atoms with Gasteiger partial charge in [0.2, 0.25) is 0 Å². The monoisotopic (exact) mass is 217 g/mol. The van der Waals surface area contributed by atoms with Crippen LogP contribution in [-0.2, 0) is 0 Å². The van der Waals surface area contributed by atoms with Crippen LogP contribution in [0.15, 0.2) is 0 Å². The zero-order valence-corrected chi connectivity index (χ0v) is 9.51. The van der Waals surface area contributed by atoms with Gasteiger partial charge in [-0.2, -0.15) is 0 Å². The number of rotatable bonds is 0. The summed E-state index contributed by atoms with van der Waals surface area (Å²) in [4.78, 5) is -0.838. The molecule has 0 heterocycles. The summed E-state index contributed by atoms with van der Waals surface area (Å²) in [5.41, 5.74) is -0.135. The predicted molar refractivity (Wildman–Crippen MR) is 57.4 cm³/mol. The molecule has 80 valence electrons. The molecule has 0 aromatic carbocycles. The van der Waals surface area contributed by atoms with Crippen molar-refractivity contribution in [1.29, 1.82) is 0 Å². The first kappa shape index (κ1) is 11.6. The molecule has 4 heteroatoms. The Morgan fingerprint density at radius 1 is 1.50 bits per heavy atom. The van der Waals surface area contributed by atoms with Crippen molar-refractivity contribution in [3.8, 4) is 6.07 Å². The van der Waals surface area contributed by atoms with Gasteiger partial charge in [-0.25, -0.2) is 0 Å². The van der Waals surface area contributed by atoms with E-state index in [1.165, 1.54) is 0 Å². The second-order valence-corrected chi connectivity index (χ2v) is 5.66. The maximum absolute atomic E-state index is 10.3. The molecule has 3 unspecified atom stereocenters. The molecule has 1 saturated carbocycles. The molecule has 1 aliphatic rings. The van der Waals surface area contributed by atoms with E-state index in [0.29, 0.717) is 6.42 Å². The van der Waals surface area contributed by atoms with Gasteiger partial charge >= 0.3 is 6.07 Å². The van der Waals surface area contributed by atoms with Gasteiger partial charge < -0.3 is 10.3 Å². The average molecular weight is 218 g/mol. The molecular weight excluding hydrogens is 202 g/mol. The molecule has 0 radical (unpaired) electrons. The van der Waals surface area contributed by atoms with E-state index in [2.05, 4.69) is 11.1 Å². The van der Waals surface area contributed by atoms with Crippen molar-refractivity contribution in [3.05, 3.63) is 10.2 Å². The Hall–Kier alpha value is -0.460. The van der Waals surface area contributed by atoms with Crippen LogP contribution < -0.4 is 0 Å². The maximum atomic E-state index is 10.3. The van der Waals surface area contributed by atoms with Gasteiger partial charge in [0.25, 0.3) is 0 Å². The van der Waals surface area contributed by atoms with Crippen LogP contribution >= 0.6 is 11.6 Å². The van der Waals surface area contributed by atoms with Gasteiger partial charge in [0.15, 0.2) is 0 Å². The van der Waals surface area contributed by atoms with E-state index in [4.69, 9.17) is 11.6 Å². The van der Waals surface area contributed by atoms with Crippen LogP contribution in [0.5, 0.6) is 0 Å². The van der Waals surface area contributed by atoms with Gasteiger partial charge in [-0.15, -0.1) is 11.6 Å². The molecule has 0 aromatic heterocycles. The van der Waals surface area contributed by atoms with E-state index in [1.807, 2.05) is 13.8 Å².